The van der Waals surface area contributed by atoms with Crippen LogP contribution >= 0.6 is 0 Å². The lowest BCUT2D eigenvalue weighted by atomic mass is 9.86. The molecule has 27 heavy (non-hydrogen) atoms. The van der Waals surface area contributed by atoms with Gasteiger partial charge in [-0.15, -0.1) is 0 Å². The maximum absolute atomic E-state index is 14.3. The molecule has 0 bridgehead atoms. The Morgan fingerprint density at radius 3 is 2.26 bits per heavy atom. The highest BCUT2D eigenvalue weighted by Crippen LogP contribution is 2.38. The van der Waals surface area contributed by atoms with Crippen LogP contribution in [0.25, 0.3) is 11.1 Å². The number of anilines is 1. The van der Waals surface area contributed by atoms with Gasteiger partial charge in [0.25, 0.3) is 5.91 Å². The minimum Gasteiger partial charge on any atom is -0.384 e. The number of aliphatic imine (C=N–C) groups is 1. The molecule has 2 aromatic carbocycles. The second-order valence-electron chi connectivity index (χ2n) is 6.04. The maximum Gasteiger partial charge on any atom is 0.259 e. The van der Waals surface area contributed by atoms with E-state index in [2.05, 4.69) is 9.98 Å². The SMILES string of the molecule is Nc1cc(-c2ccccc2F)c2c(n1)C(c1c(F)cccc1F)C(=O)N=C2. The first-order valence-electron chi connectivity index (χ1n) is 8.04. The van der Waals surface area contributed by atoms with E-state index >= 15 is 0 Å². The van der Waals surface area contributed by atoms with Gasteiger partial charge in [-0.3, -0.25) is 4.79 Å². The normalized spacial score (nSPS) is 15.7. The minimum absolute atomic E-state index is 0.00292. The summed E-state index contributed by atoms with van der Waals surface area (Å²) in [5.74, 6) is -4.48. The molecule has 2 heterocycles. The predicted molar refractivity (Wildman–Crippen MR) is 94.8 cm³/mol. The molecule has 1 amide bonds. The number of fused-ring (bicyclic) bond motifs is 1. The number of aromatic nitrogens is 1. The number of pyridine rings is 1. The van der Waals surface area contributed by atoms with Crippen molar-refractivity contribution in [1.29, 1.82) is 0 Å². The van der Waals surface area contributed by atoms with Gasteiger partial charge in [-0.05, 0) is 29.8 Å². The van der Waals surface area contributed by atoms with Gasteiger partial charge < -0.3 is 5.73 Å². The molecule has 0 spiro atoms. The number of nitrogen functional groups attached to an aromatic ring is 1. The third-order valence-corrected chi connectivity index (χ3v) is 4.40. The zero-order chi connectivity index (χ0) is 19.1. The Morgan fingerprint density at radius 2 is 1.56 bits per heavy atom. The fraction of sp³-hybridized carbons (Fsp3) is 0.0500. The summed E-state index contributed by atoms with van der Waals surface area (Å²) in [6.07, 6.45) is 1.22. The lowest BCUT2D eigenvalue weighted by molar-refractivity contribution is -0.118. The van der Waals surface area contributed by atoms with Crippen LogP contribution in [0.5, 0.6) is 0 Å². The van der Waals surface area contributed by atoms with Crippen LogP contribution < -0.4 is 5.73 Å². The van der Waals surface area contributed by atoms with Gasteiger partial charge in [0.15, 0.2) is 0 Å². The molecule has 4 nitrogen and oxygen atoms in total. The molecule has 4 rings (SSSR count). The van der Waals surface area contributed by atoms with Crippen molar-refractivity contribution < 1.29 is 18.0 Å². The van der Waals surface area contributed by atoms with Crippen molar-refractivity contribution in [2.45, 2.75) is 5.92 Å². The van der Waals surface area contributed by atoms with Crippen molar-refractivity contribution in [3.63, 3.8) is 0 Å². The summed E-state index contributed by atoms with van der Waals surface area (Å²) < 4.78 is 43.0. The molecule has 2 N–H and O–H groups in total. The Morgan fingerprint density at radius 1 is 0.889 bits per heavy atom. The first-order chi connectivity index (χ1) is 13.0. The zero-order valence-electron chi connectivity index (χ0n) is 13.8. The summed E-state index contributed by atoms with van der Waals surface area (Å²) in [5, 5.41) is 0. The van der Waals surface area contributed by atoms with E-state index in [1.54, 1.807) is 6.07 Å². The van der Waals surface area contributed by atoms with Crippen LogP contribution in [0.4, 0.5) is 19.0 Å². The highest BCUT2D eigenvalue weighted by Gasteiger charge is 2.35. The standard InChI is InChI=1S/C20H12F3N3O/c21-13-5-2-1-4-10(13)11-8-16(24)26-19-12(11)9-25-20(27)18(19)17-14(22)6-3-7-15(17)23/h1-9,18H,(H2,24,26). The van der Waals surface area contributed by atoms with E-state index in [-0.39, 0.29) is 17.1 Å². The molecule has 1 atom stereocenters. The van der Waals surface area contributed by atoms with Crippen molar-refractivity contribution in [3.8, 4) is 11.1 Å². The van der Waals surface area contributed by atoms with Crippen LogP contribution in [0.2, 0.25) is 0 Å². The smallest absolute Gasteiger partial charge is 0.259 e. The van der Waals surface area contributed by atoms with Gasteiger partial charge in [0, 0.05) is 22.9 Å². The molecule has 7 heteroatoms. The molecular formula is C20H12F3N3O. The second-order valence-corrected chi connectivity index (χ2v) is 6.04. The summed E-state index contributed by atoms with van der Waals surface area (Å²) in [5.41, 5.74) is 6.29. The Kier molecular flexibility index (Phi) is 3.99. The number of hydrogen-bond acceptors (Lipinski definition) is 3. The highest BCUT2D eigenvalue weighted by molar-refractivity contribution is 6.06. The molecule has 0 aliphatic carbocycles. The van der Waals surface area contributed by atoms with Crippen LogP contribution in [-0.2, 0) is 4.79 Å². The lowest BCUT2D eigenvalue weighted by Crippen LogP contribution is -2.23. The molecule has 0 fully saturated rings. The number of benzene rings is 2. The summed E-state index contributed by atoms with van der Waals surface area (Å²) in [6.45, 7) is 0. The highest BCUT2D eigenvalue weighted by atomic mass is 19.1. The number of carbonyl (C=O) groups is 1. The number of nitrogens with zero attached hydrogens (tertiary/aromatic N) is 2. The van der Waals surface area contributed by atoms with E-state index in [0.717, 1.165) is 12.1 Å². The average Bonchev–Trinajstić information content (AvgIpc) is 2.63. The van der Waals surface area contributed by atoms with Crippen LogP contribution in [0.15, 0.2) is 53.5 Å². The van der Waals surface area contributed by atoms with E-state index in [9.17, 15) is 18.0 Å². The van der Waals surface area contributed by atoms with E-state index in [0.29, 0.717) is 11.1 Å². The molecule has 0 saturated heterocycles. The van der Waals surface area contributed by atoms with Crippen LogP contribution in [0.3, 0.4) is 0 Å². The number of halogens is 3. The van der Waals surface area contributed by atoms with E-state index in [1.165, 1.54) is 36.5 Å². The Labute approximate surface area is 152 Å². The quantitative estimate of drug-likeness (QED) is 0.748. The summed E-state index contributed by atoms with van der Waals surface area (Å²) in [4.78, 5) is 20.3. The first kappa shape index (κ1) is 17.0. The third-order valence-electron chi connectivity index (χ3n) is 4.40. The monoisotopic (exact) mass is 367 g/mol. The molecule has 134 valence electrons. The van der Waals surface area contributed by atoms with Gasteiger partial charge in [-0.1, -0.05) is 24.3 Å². The fourth-order valence-electron chi connectivity index (χ4n) is 3.22. The Bertz CT molecular complexity index is 1090. The number of amides is 1. The summed E-state index contributed by atoms with van der Waals surface area (Å²) >= 11 is 0. The number of carbonyl (C=O) groups excluding carboxylic acids is 1. The van der Waals surface area contributed by atoms with E-state index < -0.39 is 34.8 Å². The number of hydrogen-bond donors (Lipinski definition) is 1. The fourth-order valence-corrected chi connectivity index (χ4v) is 3.22. The number of nitrogens with two attached hydrogens (primary N) is 1. The molecule has 1 aliphatic heterocycles. The average molecular weight is 367 g/mol. The molecule has 1 unspecified atom stereocenters. The van der Waals surface area contributed by atoms with Gasteiger partial charge in [0.05, 0.1) is 5.69 Å². The van der Waals surface area contributed by atoms with Gasteiger partial charge in [0.2, 0.25) is 0 Å². The van der Waals surface area contributed by atoms with Crippen LogP contribution in [-0.4, -0.2) is 17.1 Å². The van der Waals surface area contributed by atoms with Crippen molar-refractivity contribution >= 4 is 17.9 Å². The van der Waals surface area contributed by atoms with Crippen molar-refractivity contribution in [2.24, 2.45) is 4.99 Å². The van der Waals surface area contributed by atoms with Gasteiger partial charge in [-0.25, -0.2) is 23.1 Å². The van der Waals surface area contributed by atoms with Gasteiger partial charge in [-0.2, -0.15) is 0 Å². The van der Waals surface area contributed by atoms with Crippen molar-refractivity contribution in [1.82, 2.24) is 4.98 Å². The van der Waals surface area contributed by atoms with Gasteiger partial charge in [0.1, 0.15) is 29.2 Å². The molecule has 0 radical (unpaired) electrons. The zero-order valence-corrected chi connectivity index (χ0v) is 13.8. The topological polar surface area (TPSA) is 68.3 Å². The summed E-state index contributed by atoms with van der Waals surface area (Å²) in [6, 6.07) is 10.7. The predicted octanol–water partition coefficient (Wildman–Crippen LogP) is 3.84. The van der Waals surface area contributed by atoms with Crippen LogP contribution in [0, 0.1) is 17.5 Å². The molecule has 0 saturated carbocycles. The maximum atomic E-state index is 14.3. The van der Waals surface area contributed by atoms with Gasteiger partial charge >= 0.3 is 0 Å². The number of rotatable bonds is 2. The van der Waals surface area contributed by atoms with Crippen LogP contribution in [0.1, 0.15) is 22.7 Å². The Balaban J connectivity index is 2.01. The largest absolute Gasteiger partial charge is 0.384 e. The second kappa shape index (κ2) is 6.35. The molecule has 1 aromatic heterocycles. The molecular weight excluding hydrogens is 355 g/mol. The van der Waals surface area contributed by atoms with Crippen molar-refractivity contribution in [2.75, 3.05) is 5.73 Å². The van der Waals surface area contributed by atoms with Crippen molar-refractivity contribution in [3.05, 3.63) is 82.8 Å². The third kappa shape index (κ3) is 2.77. The minimum atomic E-state index is -1.40. The lowest BCUT2D eigenvalue weighted by Gasteiger charge is -2.22. The molecule has 1 aliphatic rings. The van der Waals surface area contributed by atoms with E-state index in [4.69, 9.17) is 5.73 Å². The summed E-state index contributed by atoms with van der Waals surface area (Å²) in [7, 11) is 0. The van der Waals surface area contributed by atoms with E-state index in [1.807, 2.05) is 0 Å². The molecule has 3 aromatic rings. The Hall–Kier alpha value is -3.48. The first-order valence-corrected chi connectivity index (χ1v) is 8.04.